The molecule has 9 heteroatoms. The zero-order valence-corrected chi connectivity index (χ0v) is 17.6. The van der Waals surface area contributed by atoms with Crippen LogP contribution >= 0.6 is 0 Å². The van der Waals surface area contributed by atoms with Gasteiger partial charge >= 0.3 is 0 Å². The van der Waals surface area contributed by atoms with E-state index in [0.29, 0.717) is 12.8 Å². The molecule has 0 saturated carbocycles. The number of nitrogens with zero attached hydrogens (tertiary/aromatic N) is 2. The van der Waals surface area contributed by atoms with E-state index in [2.05, 4.69) is 13.8 Å². The Labute approximate surface area is 168 Å². The molecule has 0 aliphatic rings. The van der Waals surface area contributed by atoms with Gasteiger partial charge in [-0.1, -0.05) is 65.2 Å². The van der Waals surface area contributed by atoms with Gasteiger partial charge in [0.05, 0.1) is 0 Å². The molecule has 0 aromatic heterocycles. The summed E-state index contributed by atoms with van der Waals surface area (Å²) in [5.74, 6) is 0. The molecular weight excluding hydrogens is 368 g/mol. The van der Waals surface area contributed by atoms with Gasteiger partial charge in [0.15, 0.2) is 0 Å². The molecule has 0 aromatic carbocycles. The molecule has 0 aliphatic carbocycles. The van der Waals surface area contributed by atoms with E-state index in [1.54, 1.807) is 0 Å². The lowest BCUT2D eigenvalue weighted by Crippen LogP contribution is -2.45. The molecule has 0 aromatic rings. The van der Waals surface area contributed by atoms with Crippen molar-refractivity contribution in [3.05, 3.63) is 20.2 Å². The second kappa shape index (κ2) is 19.0. The molecule has 3 N–H and O–H groups in total. The first-order chi connectivity index (χ1) is 13.3. The Morgan fingerprint density at radius 1 is 0.786 bits per heavy atom. The first-order valence-electron chi connectivity index (χ1n) is 10.5. The standard InChI is InChI=1S/C11H23NO4.C8H17NO3/c1-2-3-4-5-6-7-8-11(9-13,10-14)12(15)16;1-2-3-4-5-6-8(7-10)9(11)12/h13-14H,2-10H2,1H3;8,10H,2-7H2,1H3. The quantitative estimate of drug-likeness (QED) is 0.190. The van der Waals surface area contributed by atoms with E-state index in [9.17, 15) is 20.2 Å². The van der Waals surface area contributed by atoms with Gasteiger partial charge in [0.2, 0.25) is 6.04 Å². The van der Waals surface area contributed by atoms with E-state index in [1.807, 2.05) is 0 Å². The van der Waals surface area contributed by atoms with E-state index < -0.39 is 34.6 Å². The van der Waals surface area contributed by atoms with Crippen molar-refractivity contribution in [1.29, 1.82) is 0 Å². The topological polar surface area (TPSA) is 147 Å². The Balaban J connectivity index is 0. The van der Waals surface area contributed by atoms with Crippen molar-refractivity contribution in [1.82, 2.24) is 0 Å². The fourth-order valence-corrected chi connectivity index (χ4v) is 2.72. The predicted octanol–water partition coefficient (Wildman–Crippen LogP) is 3.33. The fraction of sp³-hybridized carbons (Fsp3) is 1.00. The predicted molar refractivity (Wildman–Crippen MR) is 109 cm³/mol. The van der Waals surface area contributed by atoms with Gasteiger partial charge in [-0.05, 0) is 12.8 Å². The van der Waals surface area contributed by atoms with Gasteiger partial charge in [-0.25, -0.2) is 0 Å². The summed E-state index contributed by atoms with van der Waals surface area (Å²) in [5, 5.41) is 47.6. The summed E-state index contributed by atoms with van der Waals surface area (Å²) < 4.78 is 0. The van der Waals surface area contributed by atoms with Gasteiger partial charge in [0.25, 0.3) is 5.54 Å². The van der Waals surface area contributed by atoms with Gasteiger partial charge < -0.3 is 15.3 Å². The van der Waals surface area contributed by atoms with Crippen molar-refractivity contribution in [2.45, 2.75) is 102 Å². The maximum atomic E-state index is 10.7. The Kier molecular flexibility index (Phi) is 19.6. The zero-order chi connectivity index (χ0) is 21.8. The van der Waals surface area contributed by atoms with E-state index in [4.69, 9.17) is 15.3 Å². The van der Waals surface area contributed by atoms with Crippen LogP contribution in [-0.2, 0) is 0 Å². The number of hydrogen-bond donors (Lipinski definition) is 3. The van der Waals surface area contributed by atoms with Crippen LogP contribution < -0.4 is 0 Å². The first-order valence-corrected chi connectivity index (χ1v) is 10.5. The molecule has 28 heavy (non-hydrogen) atoms. The third kappa shape index (κ3) is 13.8. The average molecular weight is 409 g/mol. The second-order valence-corrected chi connectivity index (χ2v) is 7.29. The summed E-state index contributed by atoms with van der Waals surface area (Å²) >= 11 is 0. The summed E-state index contributed by atoms with van der Waals surface area (Å²) in [4.78, 5) is 20.0. The van der Waals surface area contributed by atoms with Crippen molar-refractivity contribution >= 4 is 0 Å². The molecular formula is C19H40N2O7. The Morgan fingerprint density at radius 3 is 1.64 bits per heavy atom. The van der Waals surface area contributed by atoms with Crippen molar-refractivity contribution in [2.75, 3.05) is 19.8 Å². The van der Waals surface area contributed by atoms with Crippen LogP contribution in [0.3, 0.4) is 0 Å². The van der Waals surface area contributed by atoms with Crippen LogP contribution in [0, 0.1) is 20.2 Å². The lowest BCUT2D eigenvalue weighted by Gasteiger charge is -2.20. The Morgan fingerprint density at radius 2 is 1.25 bits per heavy atom. The van der Waals surface area contributed by atoms with Gasteiger partial charge in [-0.2, -0.15) is 0 Å². The minimum Gasteiger partial charge on any atom is -0.389 e. The highest BCUT2D eigenvalue weighted by atomic mass is 16.6. The van der Waals surface area contributed by atoms with Gasteiger partial charge in [0.1, 0.15) is 19.8 Å². The molecule has 0 bridgehead atoms. The molecule has 9 nitrogen and oxygen atoms in total. The van der Waals surface area contributed by atoms with E-state index >= 15 is 0 Å². The SMILES string of the molecule is CCCCCCC(CO)[N+](=O)[O-].CCCCCCCCC(CO)(CO)[N+](=O)[O-]. The molecule has 0 spiro atoms. The maximum absolute atomic E-state index is 10.7. The average Bonchev–Trinajstić information content (AvgIpc) is 2.68. The largest absolute Gasteiger partial charge is 0.389 e. The summed E-state index contributed by atoms with van der Waals surface area (Å²) in [6.07, 6.45) is 11.1. The molecule has 1 atom stereocenters. The third-order valence-electron chi connectivity index (χ3n) is 4.87. The van der Waals surface area contributed by atoms with Crippen LogP contribution in [0.1, 0.15) is 90.9 Å². The third-order valence-corrected chi connectivity index (χ3v) is 4.87. The molecule has 0 rings (SSSR count). The molecule has 0 aliphatic heterocycles. The van der Waals surface area contributed by atoms with E-state index in [-0.39, 0.29) is 13.0 Å². The molecule has 1 unspecified atom stereocenters. The lowest BCUT2D eigenvalue weighted by atomic mass is 9.94. The van der Waals surface area contributed by atoms with Crippen LogP contribution in [0.15, 0.2) is 0 Å². The smallest absolute Gasteiger partial charge is 0.267 e. The van der Waals surface area contributed by atoms with Crippen molar-refractivity contribution in [2.24, 2.45) is 0 Å². The van der Waals surface area contributed by atoms with Gasteiger partial charge in [-0.3, -0.25) is 20.2 Å². The molecule has 0 radical (unpaired) electrons. The van der Waals surface area contributed by atoms with E-state index in [1.165, 1.54) is 12.8 Å². The molecule has 0 saturated heterocycles. The summed E-state index contributed by atoms with van der Waals surface area (Å²) in [7, 11) is 0. The van der Waals surface area contributed by atoms with Crippen LogP contribution in [-0.4, -0.2) is 56.6 Å². The van der Waals surface area contributed by atoms with Crippen molar-refractivity contribution < 1.29 is 25.2 Å². The lowest BCUT2D eigenvalue weighted by molar-refractivity contribution is -0.578. The summed E-state index contributed by atoms with van der Waals surface area (Å²) in [6.45, 7) is 2.71. The fourth-order valence-electron chi connectivity index (χ4n) is 2.72. The van der Waals surface area contributed by atoms with E-state index in [0.717, 1.165) is 44.9 Å². The number of hydrogen-bond acceptors (Lipinski definition) is 7. The van der Waals surface area contributed by atoms with Crippen molar-refractivity contribution in [3.8, 4) is 0 Å². The highest BCUT2D eigenvalue weighted by Crippen LogP contribution is 2.19. The highest BCUT2D eigenvalue weighted by molar-refractivity contribution is 4.77. The number of aliphatic hydroxyl groups is 3. The van der Waals surface area contributed by atoms with Crippen LogP contribution in [0.4, 0.5) is 0 Å². The summed E-state index contributed by atoms with van der Waals surface area (Å²) in [5.41, 5.74) is -1.54. The maximum Gasteiger partial charge on any atom is 0.267 e. The van der Waals surface area contributed by atoms with Gasteiger partial charge in [-0.15, -0.1) is 0 Å². The zero-order valence-electron chi connectivity index (χ0n) is 17.6. The minimum atomic E-state index is -1.54. The minimum absolute atomic E-state index is 0.249. The molecule has 0 amide bonds. The normalized spacial score (nSPS) is 12.2. The number of nitro groups is 2. The van der Waals surface area contributed by atoms with Crippen LogP contribution in [0.5, 0.6) is 0 Å². The number of unbranched alkanes of at least 4 members (excludes halogenated alkanes) is 8. The monoisotopic (exact) mass is 408 g/mol. The Bertz CT molecular complexity index is 390. The summed E-state index contributed by atoms with van der Waals surface area (Å²) in [6, 6.07) is -0.748. The highest BCUT2D eigenvalue weighted by Gasteiger charge is 2.40. The van der Waals surface area contributed by atoms with Crippen LogP contribution in [0.2, 0.25) is 0 Å². The molecule has 168 valence electrons. The second-order valence-electron chi connectivity index (χ2n) is 7.29. The first kappa shape index (κ1) is 28.9. The van der Waals surface area contributed by atoms with Crippen molar-refractivity contribution in [3.63, 3.8) is 0 Å². The van der Waals surface area contributed by atoms with Gasteiger partial charge in [0, 0.05) is 22.7 Å². The Hall–Kier alpha value is -1.32. The van der Waals surface area contributed by atoms with Crippen LogP contribution in [0.25, 0.3) is 0 Å². The number of rotatable bonds is 17. The number of aliphatic hydroxyl groups excluding tert-OH is 3. The molecule has 0 fully saturated rings. The molecule has 0 heterocycles.